The van der Waals surface area contributed by atoms with E-state index in [1.54, 1.807) is 0 Å². The second-order valence-electron chi connectivity index (χ2n) is 7.94. The van der Waals surface area contributed by atoms with Crippen molar-refractivity contribution in [2.75, 3.05) is 56.4 Å². The van der Waals surface area contributed by atoms with Crippen LogP contribution in [0.3, 0.4) is 0 Å². The first-order chi connectivity index (χ1) is 14.2. The summed E-state index contributed by atoms with van der Waals surface area (Å²) in [5, 5.41) is 0. The third-order valence-electron chi connectivity index (χ3n) is 4.48. The van der Waals surface area contributed by atoms with Gasteiger partial charge in [0.2, 0.25) is 11.9 Å². The number of aromatic nitrogens is 2. The van der Waals surface area contributed by atoms with Crippen LogP contribution in [-0.4, -0.2) is 97.9 Å². The summed E-state index contributed by atoms with van der Waals surface area (Å²) in [6, 6.07) is 11.8. The van der Waals surface area contributed by atoms with Gasteiger partial charge in [-0.1, -0.05) is 12.1 Å². The second-order valence-corrected chi connectivity index (χ2v) is 7.94. The van der Waals surface area contributed by atoms with Crippen molar-refractivity contribution in [2.45, 2.75) is 0 Å². The van der Waals surface area contributed by atoms with Gasteiger partial charge in [0.1, 0.15) is 0 Å². The lowest BCUT2D eigenvalue weighted by atomic mass is 10.2. The summed E-state index contributed by atoms with van der Waals surface area (Å²) in [4.78, 5) is 27.3. The molecule has 8 heteroatoms. The van der Waals surface area contributed by atoms with Crippen LogP contribution in [0.1, 0.15) is 0 Å². The first kappa shape index (κ1) is 21.3. The Bertz CT molecular complexity index is 1000. The summed E-state index contributed by atoms with van der Waals surface area (Å²) in [5.74, 6) is 1.63. The topological polar surface area (TPSA) is 63.5 Å². The molecule has 8 nitrogen and oxygen atoms in total. The molecule has 1 heterocycles. The molecule has 0 spiro atoms. The average molecular weight is 407 g/mol. The summed E-state index contributed by atoms with van der Waals surface area (Å²) < 4.78 is 0. The van der Waals surface area contributed by atoms with Gasteiger partial charge >= 0.3 is 0 Å². The van der Waals surface area contributed by atoms with Crippen molar-refractivity contribution in [2.24, 2.45) is 9.98 Å². The Morgan fingerprint density at radius 1 is 0.567 bits per heavy atom. The van der Waals surface area contributed by atoms with E-state index < -0.39 is 0 Å². The molecule has 30 heavy (non-hydrogen) atoms. The van der Waals surface area contributed by atoms with Crippen LogP contribution in [-0.2, 0) is 0 Å². The molecular formula is C22H30N8. The molecule has 0 amide bonds. The lowest BCUT2D eigenvalue weighted by Crippen LogP contribution is -2.35. The monoisotopic (exact) mass is 406 g/mol. The summed E-state index contributed by atoms with van der Waals surface area (Å²) in [5.41, 5.74) is 4.79. The van der Waals surface area contributed by atoms with Crippen LogP contribution in [0.5, 0.6) is 0 Å². The van der Waals surface area contributed by atoms with Crippen molar-refractivity contribution >= 4 is 45.4 Å². The highest BCUT2D eigenvalue weighted by molar-refractivity contribution is 5.95. The number of hydrogen-bond donors (Lipinski definition) is 0. The minimum atomic E-state index is 0.741. The number of guanidine groups is 2. The van der Waals surface area contributed by atoms with Gasteiger partial charge in [0.25, 0.3) is 0 Å². The van der Waals surface area contributed by atoms with E-state index in [-0.39, 0.29) is 0 Å². The van der Waals surface area contributed by atoms with Crippen LogP contribution in [0.15, 0.2) is 46.4 Å². The lowest BCUT2D eigenvalue weighted by molar-refractivity contribution is 0.483. The zero-order valence-electron chi connectivity index (χ0n) is 19.0. The molecule has 158 valence electrons. The molecule has 0 bridgehead atoms. The predicted molar refractivity (Wildman–Crippen MR) is 126 cm³/mol. The van der Waals surface area contributed by atoms with Crippen LogP contribution in [0.4, 0.5) is 11.4 Å². The Hall–Kier alpha value is -3.42. The molecule has 0 aliphatic heterocycles. The molecule has 0 saturated heterocycles. The van der Waals surface area contributed by atoms with Crippen molar-refractivity contribution in [3.05, 3.63) is 36.4 Å². The van der Waals surface area contributed by atoms with E-state index in [4.69, 9.17) is 20.0 Å². The molecule has 0 aliphatic carbocycles. The van der Waals surface area contributed by atoms with E-state index >= 15 is 0 Å². The summed E-state index contributed by atoms with van der Waals surface area (Å²) in [6.45, 7) is 0. The second kappa shape index (κ2) is 8.52. The van der Waals surface area contributed by atoms with Gasteiger partial charge in [0, 0.05) is 56.4 Å². The highest BCUT2D eigenvalue weighted by Gasteiger charge is 2.13. The van der Waals surface area contributed by atoms with Gasteiger partial charge in [0.05, 0.1) is 33.4 Å². The zero-order chi connectivity index (χ0) is 22.0. The van der Waals surface area contributed by atoms with Gasteiger partial charge in [-0.2, -0.15) is 0 Å². The first-order valence-electron chi connectivity index (χ1n) is 9.74. The number of nitrogens with zero attached hydrogens (tertiary/aromatic N) is 8. The zero-order valence-corrected chi connectivity index (χ0v) is 19.0. The molecule has 1 aromatic heterocycles. The Kier molecular flexibility index (Phi) is 6.05. The molecule has 3 aromatic rings. The fourth-order valence-electron chi connectivity index (χ4n) is 3.24. The third kappa shape index (κ3) is 4.42. The fourth-order valence-corrected chi connectivity index (χ4v) is 3.24. The molecule has 0 aliphatic rings. The van der Waals surface area contributed by atoms with Gasteiger partial charge in [0.15, 0.2) is 0 Å². The Balaban J connectivity index is 2.33. The highest BCUT2D eigenvalue weighted by Crippen LogP contribution is 2.33. The Morgan fingerprint density at radius 3 is 1.20 bits per heavy atom. The maximum atomic E-state index is 4.92. The van der Waals surface area contributed by atoms with Crippen molar-refractivity contribution < 1.29 is 0 Å². The van der Waals surface area contributed by atoms with E-state index in [2.05, 4.69) is 0 Å². The molecule has 0 atom stereocenters. The van der Waals surface area contributed by atoms with Gasteiger partial charge in [-0.15, -0.1) is 0 Å². The van der Waals surface area contributed by atoms with Crippen molar-refractivity contribution in [3.63, 3.8) is 0 Å². The molecule has 0 unspecified atom stereocenters. The van der Waals surface area contributed by atoms with Gasteiger partial charge in [-0.25, -0.2) is 20.0 Å². The van der Waals surface area contributed by atoms with Gasteiger partial charge < -0.3 is 19.6 Å². The van der Waals surface area contributed by atoms with Crippen LogP contribution in [0.2, 0.25) is 0 Å². The normalized spacial score (nSPS) is 10.7. The summed E-state index contributed by atoms with van der Waals surface area (Å²) in [7, 11) is 15.8. The Morgan fingerprint density at radius 2 is 0.900 bits per heavy atom. The molecule has 0 fully saturated rings. The van der Waals surface area contributed by atoms with Crippen LogP contribution in [0.25, 0.3) is 22.1 Å². The number of benzene rings is 2. The molecule has 2 aromatic carbocycles. The smallest absolute Gasteiger partial charge is 0.200 e. The highest BCUT2D eigenvalue weighted by atomic mass is 15.3. The standard InChI is InChI=1S/C22H30N8/c1-27(2)21(28(3)4)25-19-13-17-18(24-16-12-10-9-11-15(16)23-17)14-20(19)26-22(29(5)6)30(7)8/h9-14H,1-8H3. The van der Waals surface area contributed by atoms with Crippen LogP contribution >= 0.6 is 0 Å². The van der Waals surface area contributed by atoms with Gasteiger partial charge in [-0.05, 0) is 24.3 Å². The fraction of sp³-hybridized carbons (Fsp3) is 0.364. The number of aliphatic imine (C=N–C) groups is 2. The van der Waals surface area contributed by atoms with E-state index in [0.29, 0.717) is 0 Å². The van der Waals surface area contributed by atoms with Crippen molar-refractivity contribution in [1.29, 1.82) is 0 Å². The first-order valence-corrected chi connectivity index (χ1v) is 9.74. The number of fused-ring (bicyclic) bond motifs is 2. The van der Waals surface area contributed by atoms with Crippen LogP contribution in [0, 0.1) is 0 Å². The number of rotatable bonds is 2. The minimum Gasteiger partial charge on any atom is -0.349 e. The lowest BCUT2D eigenvalue weighted by Gasteiger charge is -2.24. The SMILES string of the molecule is CN(C)C(=Nc1cc2nc3ccccc3nc2cc1N=C(N(C)C)N(C)C)N(C)C. The van der Waals surface area contributed by atoms with Crippen LogP contribution < -0.4 is 0 Å². The van der Waals surface area contributed by atoms with E-state index in [1.807, 2.05) is 112 Å². The van der Waals surface area contributed by atoms with E-state index in [9.17, 15) is 0 Å². The minimum absolute atomic E-state index is 0.741. The maximum Gasteiger partial charge on any atom is 0.200 e. The molecule has 3 rings (SSSR count). The summed E-state index contributed by atoms with van der Waals surface area (Å²) >= 11 is 0. The average Bonchev–Trinajstić information content (AvgIpc) is 2.67. The van der Waals surface area contributed by atoms with Gasteiger partial charge in [-0.3, -0.25) is 0 Å². The predicted octanol–water partition coefficient (Wildman–Crippen LogP) is 3.00. The quantitative estimate of drug-likeness (QED) is 0.370. The third-order valence-corrected chi connectivity index (χ3v) is 4.48. The number of hydrogen-bond acceptors (Lipinski definition) is 4. The van der Waals surface area contributed by atoms with E-state index in [0.717, 1.165) is 45.4 Å². The molecular weight excluding hydrogens is 376 g/mol. The Labute approximate surface area is 178 Å². The molecule has 0 N–H and O–H groups in total. The molecule has 0 radical (unpaired) electrons. The van der Waals surface area contributed by atoms with E-state index in [1.165, 1.54) is 0 Å². The maximum absolute atomic E-state index is 4.92. The van der Waals surface area contributed by atoms with Crippen molar-refractivity contribution in [3.8, 4) is 0 Å². The number of para-hydroxylation sites is 2. The van der Waals surface area contributed by atoms with Crippen molar-refractivity contribution in [1.82, 2.24) is 29.6 Å². The molecule has 0 saturated carbocycles. The summed E-state index contributed by atoms with van der Waals surface area (Å²) in [6.07, 6.45) is 0. The largest absolute Gasteiger partial charge is 0.349 e.